The lowest BCUT2D eigenvalue weighted by Crippen LogP contribution is -2.52. The van der Waals surface area contributed by atoms with Crippen LogP contribution in [0.5, 0.6) is 5.75 Å². The summed E-state index contributed by atoms with van der Waals surface area (Å²) in [6, 6.07) is 13.9. The van der Waals surface area contributed by atoms with E-state index in [0.717, 1.165) is 5.56 Å². The Labute approximate surface area is 178 Å². The molecule has 7 nitrogen and oxygen atoms in total. The summed E-state index contributed by atoms with van der Waals surface area (Å²) < 4.78 is 23.4. The van der Waals surface area contributed by atoms with E-state index in [1.165, 1.54) is 19.9 Å². The maximum atomic E-state index is 12.9. The van der Waals surface area contributed by atoms with Crippen molar-refractivity contribution in [3.63, 3.8) is 0 Å². The molecule has 1 aliphatic rings. The minimum Gasteiger partial charge on any atom is -0.483 e. The highest BCUT2D eigenvalue weighted by Gasteiger charge is 2.49. The van der Waals surface area contributed by atoms with E-state index >= 15 is 0 Å². The van der Waals surface area contributed by atoms with Crippen LogP contribution < -0.4 is 10.2 Å². The van der Waals surface area contributed by atoms with Crippen molar-refractivity contribution >= 4 is 22.9 Å². The summed E-state index contributed by atoms with van der Waals surface area (Å²) in [5.41, 5.74) is 0.0510. The predicted octanol–water partition coefficient (Wildman–Crippen LogP) is 4.17. The molecule has 2 heterocycles. The summed E-state index contributed by atoms with van der Waals surface area (Å²) in [4.78, 5) is 36.6. The van der Waals surface area contributed by atoms with Crippen LogP contribution in [0, 0.1) is 0 Å². The molecule has 7 heteroatoms. The van der Waals surface area contributed by atoms with Gasteiger partial charge in [0.25, 0.3) is 0 Å². The van der Waals surface area contributed by atoms with E-state index in [2.05, 4.69) is 0 Å². The van der Waals surface area contributed by atoms with Crippen LogP contribution in [0.1, 0.15) is 39.4 Å². The van der Waals surface area contributed by atoms with E-state index in [1.54, 1.807) is 26.0 Å². The third kappa shape index (κ3) is 3.79. The molecule has 0 saturated carbocycles. The highest BCUT2D eigenvalue weighted by Crippen LogP contribution is 2.46. The van der Waals surface area contributed by atoms with Crippen LogP contribution in [-0.4, -0.2) is 23.6 Å². The first-order valence-corrected chi connectivity index (χ1v) is 9.87. The van der Waals surface area contributed by atoms with Crippen molar-refractivity contribution in [3.05, 3.63) is 64.3 Å². The monoisotopic (exact) mass is 422 g/mol. The molecule has 2 atom stereocenters. The van der Waals surface area contributed by atoms with Crippen LogP contribution in [-0.2, 0) is 19.1 Å². The highest BCUT2D eigenvalue weighted by atomic mass is 16.6. The molecule has 2 aromatic carbocycles. The first kappa shape index (κ1) is 20.7. The van der Waals surface area contributed by atoms with Gasteiger partial charge < -0.3 is 18.6 Å². The number of ether oxygens (including phenoxy) is 3. The van der Waals surface area contributed by atoms with Gasteiger partial charge in [0.1, 0.15) is 22.7 Å². The average Bonchev–Trinajstić information content (AvgIpc) is 2.69. The Morgan fingerprint density at radius 1 is 0.968 bits per heavy atom. The Kier molecular flexibility index (Phi) is 5.05. The second-order valence-electron chi connectivity index (χ2n) is 7.96. The van der Waals surface area contributed by atoms with Crippen molar-refractivity contribution < 1.29 is 28.2 Å². The molecule has 0 aliphatic carbocycles. The summed E-state index contributed by atoms with van der Waals surface area (Å²) in [5, 5.41) is 0.306. The highest BCUT2D eigenvalue weighted by molar-refractivity contribution is 5.85. The van der Waals surface area contributed by atoms with E-state index < -0.39 is 29.7 Å². The quantitative estimate of drug-likeness (QED) is 0.585. The van der Waals surface area contributed by atoms with Gasteiger partial charge in [0, 0.05) is 25.5 Å². The molecule has 160 valence electrons. The van der Waals surface area contributed by atoms with Gasteiger partial charge in [0.2, 0.25) is 0 Å². The van der Waals surface area contributed by atoms with Gasteiger partial charge in [-0.15, -0.1) is 0 Å². The van der Waals surface area contributed by atoms with Gasteiger partial charge >= 0.3 is 11.9 Å². The van der Waals surface area contributed by atoms with Crippen LogP contribution in [0.3, 0.4) is 0 Å². The van der Waals surface area contributed by atoms with Crippen LogP contribution >= 0.6 is 0 Å². The Morgan fingerprint density at radius 2 is 1.65 bits per heavy atom. The lowest BCUT2D eigenvalue weighted by Gasteiger charge is -2.43. The lowest BCUT2D eigenvalue weighted by atomic mass is 9.87. The number of carbonyl (C=O) groups is 2. The minimum atomic E-state index is -1.02. The molecule has 0 N–H and O–H groups in total. The summed E-state index contributed by atoms with van der Waals surface area (Å²) in [6.07, 6.45) is -1.96. The SMILES string of the molecule is CC(=O)O[C@@H]1[C@@H](OC(C)=O)c2c(ccc3c(=O)cc(-c4ccccc4)oc23)OC1(C)C. The van der Waals surface area contributed by atoms with Crippen molar-refractivity contribution in [2.45, 2.75) is 45.5 Å². The maximum Gasteiger partial charge on any atom is 0.303 e. The topological polar surface area (TPSA) is 92.0 Å². The molecule has 0 radical (unpaired) electrons. The van der Waals surface area contributed by atoms with Gasteiger partial charge in [0.15, 0.2) is 17.6 Å². The Morgan fingerprint density at radius 3 is 2.29 bits per heavy atom. The predicted molar refractivity (Wildman–Crippen MR) is 113 cm³/mol. The van der Waals surface area contributed by atoms with Gasteiger partial charge in [-0.1, -0.05) is 30.3 Å². The molecule has 0 bridgehead atoms. The Bertz CT molecular complexity index is 1220. The lowest BCUT2D eigenvalue weighted by molar-refractivity contribution is -0.187. The molecular weight excluding hydrogens is 400 g/mol. The first-order valence-electron chi connectivity index (χ1n) is 9.87. The number of esters is 2. The zero-order valence-corrected chi connectivity index (χ0v) is 17.6. The number of fused-ring (bicyclic) bond motifs is 3. The fourth-order valence-electron chi connectivity index (χ4n) is 3.86. The van der Waals surface area contributed by atoms with Crippen LogP contribution in [0.15, 0.2) is 57.7 Å². The fraction of sp³-hybridized carbons (Fsp3) is 0.292. The van der Waals surface area contributed by atoms with Crippen LogP contribution in [0.2, 0.25) is 0 Å². The Hall–Kier alpha value is -3.61. The van der Waals surface area contributed by atoms with Gasteiger partial charge in [-0.05, 0) is 26.0 Å². The van der Waals surface area contributed by atoms with E-state index in [4.69, 9.17) is 18.6 Å². The molecule has 1 aromatic heterocycles. The average molecular weight is 422 g/mol. The largest absolute Gasteiger partial charge is 0.483 e. The molecule has 31 heavy (non-hydrogen) atoms. The molecule has 0 spiro atoms. The molecule has 0 saturated heterocycles. The smallest absolute Gasteiger partial charge is 0.303 e. The molecule has 0 unspecified atom stereocenters. The van der Waals surface area contributed by atoms with E-state index in [1.807, 2.05) is 30.3 Å². The zero-order chi connectivity index (χ0) is 22.3. The van der Waals surface area contributed by atoms with E-state index in [0.29, 0.717) is 22.5 Å². The van der Waals surface area contributed by atoms with Crippen LogP contribution in [0.4, 0.5) is 0 Å². The summed E-state index contributed by atoms with van der Waals surface area (Å²) in [7, 11) is 0. The summed E-state index contributed by atoms with van der Waals surface area (Å²) in [5.74, 6) is -0.360. The standard InChI is InChI=1S/C24H22O7/c1-13(25)28-22-20-18(31-24(3,4)23(22)29-14(2)26)11-10-16-17(27)12-19(30-21(16)20)15-8-6-5-7-9-15/h5-12,22-23H,1-4H3/t22-,23+/m0/s1. The molecular formula is C24H22O7. The van der Waals surface area contributed by atoms with Crippen molar-refractivity contribution in [2.75, 3.05) is 0 Å². The third-order valence-corrected chi connectivity index (χ3v) is 5.16. The molecule has 0 fully saturated rings. The van der Waals surface area contributed by atoms with Crippen molar-refractivity contribution in [1.82, 2.24) is 0 Å². The molecule has 0 amide bonds. The normalized spacial score (nSPS) is 19.2. The third-order valence-electron chi connectivity index (χ3n) is 5.16. The number of carbonyl (C=O) groups excluding carboxylic acids is 2. The molecule has 4 rings (SSSR count). The second-order valence-corrected chi connectivity index (χ2v) is 7.96. The summed E-state index contributed by atoms with van der Waals surface area (Å²) >= 11 is 0. The van der Waals surface area contributed by atoms with Crippen molar-refractivity contribution in [2.24, 2.45) is 0 Å². The second kappa shape index (κ2) is 7.58. The van der Waals surface area contributed by atoms with Gasteiger partial charge in [-0.25, -0.2) is 0 Å². The number of benzene rings is 2. The Balaban J connectivity index is 2.01. The number of hydrogen-bond acceptors (Lipinski definition) is 7. The zero-order valence-electron chi connectivity index (χ0n) is 17.6. The van der Waals surface area contributed by atoms with Crippen LogP contribution in [0.25, 0.3) is 22.3 Å². The number of hydrogen-bond donors (Lipinski definition) is 0. The maximum absolute atomic E-state index is 12.9. The van der Waals surface area contributed by atoms with Gasteiger partial charge in [0.05, 0.1) is 10.9 Å². The number of rotatable bonds is 3. The first-order chi connectivity index (χ1) is 14.7. The minimum absolute atomic E-state index is 0.225. The summed E-state index contributed by atoms with van der Waals surface area (Å²) in [6.45, 7) is 6.01. The van der Waals surface area contributed by atoms with Crippen molar-refractivity contribution in [1.29, 1.82) is 0 Å². The molecule has 1 aliphatic heterocycles. The van der Waals surface area contributed by atoms with Gasteiger partial charge in [-0.2, -0.15) is 0 Å². The fourth-order valence-corrected chi connectivity index (χ4v) is 3.86. The van der Waals surface area contributed by atoms with E-state index in [9.17, 15) is 14.4 Å². The van der Waals surface area contributed by atoms with E-state index in [-0.39, 0.29) is 11.0 Å². The molecule has 3 aromatic rings. The van der Waals surface area contributed by atoms with Crippen molar-refractivity contribution in [3.8, 4) is 17.1 Å². The van der Waals surface area contributed by atoms with Gasteiger partial charge in [-0.3, -0.25) is 14.4 Å².